The molecule has 0 saturated carbocycles. The number of fused-ring (bicyclic) bond motifs is 3. The van der Waals surface area contributed by atoms with Gasteiger partial charge in [0.05, 0.1) is 12.1 Å². The van der Waals surface area contributed by atoms with Gasteiger partial charge in [0.15, 0.2) is 0 Å². The van der Waals surface area contributed by atoms with E-state index in [4.69, 9.17) is 4.74 Å². The second-order valence-electron chi connectivity index (χ2n) is 3.96. The van der Waals surface area contributed by atoms with Crippen LogP contribution in [0, 0.1) is 0 Å². The molecule has 0 unspecified atom stereocenters. The average molecular weight is 521 g/mol. The van der Waals surface area contributed by atoms with Gasteiger partial charge in [-0.3, -0.25) is 4.98 Å². The summed E-state index contributed by atoms with van der Waals surface area (Å²) < 4.78 is 5.54. The monoisotopic (exact) mass is 520 g/mol. The third kappa shape index (κ3) is 5.08. The summed E-state index contributed by atoms with van der Waals surface area (Å²) in [6.45, 7) is 2.68. The molecule has 4 nitrogen and oxygen atoms in total. The molecule has 1 heterocycles. The van der Waals surface area contributed by atoms with Gasteiger partial charge in [-0.1, -0.05) is 24.3 Å². The van der Waals surface area contributed by atoms with Crippen LogP contribution in [-0.4, -0.2) is 11.6 Å². The van der Waals surface area contributed by atoms with E-state index in [-0.39, 0.29) is 58.2 Å². The van der Waals surface area contributed by atoms with Crippen LogP contribution in [-0.2, 0) is 21.1 Å². The van der Waals surface area contributed by atoms with Crippen molar-refractivity contribution in [1.82, 2.24) is 4.98 Å². The molecule has 122 valence electrons. The maximum Gasteiger partial charge on any atom is 4.00 e. The van der Waals surface area contributed by atoms with E-state index in [1.807, 2.05) is 31.3 Å². The largest absolute Gasteiger partial charge is 4.00 e. The summed E-state index contributed by atoms with van der Waals surface area (Å²) in [6.07, 6.45) is 1.91. The van der Waals surface area contributed by atoms with Crippen molar-refractivity contribution >= 4 is 21.7 Å². The fourth-order valence-corrected chi connectivity index (χ4v) is 2.09. The van der Waals surface area contributed by atoms with Crippen molar-refractivity contribution in [3.05, 3.63) is 61.0 Å². The Balaban J connectivity index is -0.000000722. The molecular formula is C15H17Cl2N3OPt. The fourth-order valence-electron chi connectivity index (χ4n) is 2.09. The van der Waals surface area contributed by atoms with Crippen LogP contribution in [0.3, 0.4) is 0 Å². The molecule has 1 aromatic heterocycles. The normalized spacial score (nSPS) is 8.41. The van der Waals surface area contributed by atoms with Gasteiger partial charge < -0.3 is 41.9 Å². The zero-order valence-electron chi connectivity index (χ0n) is 11.9. The molecule has 0 amide bonds. The molecule has 7 heteroatoms. The van der Waals surface area contributed by atoms with Crippen molar-refractivity contribution in [2.75, 3.05) is 6.61 Å². The van der Waals surface area contributed by atoms with Crippen molar-refractivity contribution in [1.29, 1.82) is 0 Å². The van der Waals surface area contributed by atoms with Crippen molar-refractivity contribution in [2.24, 2.45) is 0 Å². The number of halogens is 2. The molecule has 0 fully saturated rings. The first kappa shape index (κ1) is 26.0. The van der Waals surface area contributed by atoms with E-state index < -0.39 is 0 Å². The zero-order chi connectivity index (χ0) is 11.7. The topological polar surface area (TPSA) is 89.1 Å². The van der Waals surface area contributed by atoms with Crippen molar-refractivity contribution in [3.63, 3.8) is 0 Å². The molecule has 0 bridgehead atoms. The van der Waals surface area contributed by atoms with E-state index in [1.54, 1.807) is 0 Å². The van der Waals surface area contributed by atoms with Crippen LogP contribution in [0.1, 0.15) is 6.92 Å². The van der Waals surface area contributed by atoms with Crippen LogP contribution < -0.4 is 29.6 Å². The number of benzene rings is 2. The predicted molar refractivity (Wildman–Crippen MR) is 81.0 cm³/mol. The van der Waals surface area contributed by atoms with Gasteiger partial charge in [-0.25, -0.2) is 0 Å². The summed E-state index contributed by atoms with van der Waals surface area (Å²) in [5.41, 5.74) is 1.01. The summed E-state index contributed by atoms with van der Waals surface area (Å²) in [7, 11) is 0. The Labute approximate surface area is 157 Å². The number of pyridine rings is 1. The molecule has 0 spiro atoms. The van der Waals surface area contributed by atoms with Gasteiger partial charge in [-0.2, -0.15) is 0 Å². The summed E-state index contributed by atoms with van der Waals surface area (Å²) in [5, 5.41) is 3.53. The van der Waals surface area contributed by atoms with E-state index in [0.29, 0.717) is 6.61 Å². The Morgan fingerprint density at radius 1 is 0.955 bits per heavy atom. The molecule has 0 aliphatic carbocycles. The summed E-state index contributed by atoms with van der Waals surface area (Å²) in [4.78, 5) is 4.46. The van der Waals surface area contributed by atoms with E-state index in [9.17, 15) is 0 Å². The van der Waals surface area contributed by atoms with E-state index in [1.165, 1.54) is 5.39 Å². The summed E-state index contributed by atoms with van der Waals surface area (Å²) in [6, 6.07) is 14.3. The molecule has 0 aliphatic heterocycles. The number of hydrogen-bond donors (Lipinski definition) is 0. The minimum Gasteiger partial charge on any atom is -1.00 e. The Morgan fingerprint density at radius 2 is 1.64 bits per heavy atom. The molecule has 4 N–H and O–H groups in total. The fraction of sp³-hybridized carbons (Fsp3) is 0.133. The Kier molecular flexibility index (Phi) is 13.8. The van der Waals surface area contributed by atoms with Crippen LogP contribution >= 0.6 is 0 Å². The first-order valence-corrected chi connectivity index (χ1v) is 5.79. The summed E-state index contributed by atoms with van der Waals surface area (Å²) in [5.74, 6) is 0.901. The van der Waals surface area contributed by atoms with Gasteiger partial charge in [0.2, 0.25) is 0 Å². The van der Waals surface area contributed by atoms with Gasteiger partial charge in [0.25, 0.3) is 0 Å². The Hall–Kier alpha value is -0.902. The second-order valence-corrected chi connectivity index (χ2v) is 3.96. The van der Waals surface area contributed by atoms with Gasteiger partial charge >= 0.3 is 21.1 Å². The van der Waals surface area contributed by atoms with Crippen LogP contribution in [0.4, 0.5) is 0 Å². The van der Waals surface area contributed by atoms with E-state index in [2.05, 4.69) is 29.2 Å². The SMILES string of the molecule is CCOc1ccc2ncc3ccccc3c2c1.[Cl-].[Cl-].[NH2-].[NH2-].[Pt+4]. The molecule has 0 atom stereocenters. The molecule has 22 heavy (non-hydrogen) atoms. The molecule has 3 rings (SSSR count). The molecule has 0 radical (unpaired) electrons. The second kappa shape index (κ2) is 11.6. The minimum absolute atomic E-state index is 0. The Bertz CT molecular complexity index is 698. The number of nitrogens with zero attached hydrogens (tertiary/aromatic N) is 1. The van der Waals surface area contributed by atoms with Gasteiger partial charge in [0.1, 0.15) is 5.75 Å². The number of ether oxygens (including phenoxy) is 1. The molecular weight excluding hydrogens is 504 g/mol. The minimum atomic E-state index is 0. The summed E-state index contributed by atoms with van der Waals surface area (Å²) >= 11 is 0. The number of aromatic nitrogens is 1. The van der Waals surface area contributed by atoms with Crippen LogP contribution in [0.2, 0.25) is 0 Å². The molecule has 0 saturated heterocycles. The molecule has 3 aromatic rings. The van der Waals surface area contributed by atoms with Crippen LogP contribution in [0.5, 0.6) is 5.75 Å². The number of hydrogen-bond acceptors (Lipinski definition) is 2. The predicted octanol–water partition coefficient (Wildman–Crippen LogP) is -0.774. The average Bonchev–Trinajstić information content (AvgIpc) is 2.39. The Morgan fingerprint density at radius 3 is 2.32 bits per heavy atom. The van der Waals surface area contributed by atoms with Gasteiger partial charge in [0, 0.05) is 17.0 Å². The van der Waals surface area contributed by atoms with Crippen molar-refractivity contribution in [3.8, 4) is 5.75 Å². The van der Waals surface area contributed by atoms with Gasteiger partial charge in [-0.15, -0.1) is 0 Å². The van der Waals surface area contributed by atoms with E-state index >= 15 is 0 Å². The van der Waals surface area contributed by atoms with Crippen molar-refractivity contribution in [2.45, 2.75) is 6.92 Å². The number of rotatable bonds is 2. The first-order chi connectivity index (χ1) is 8.38. The van der Waals surface area contributed by atoms with Crippen LogP contribution in [0.15, 0.2) is 48.7 Å². The third-order valence-electron chi connectivity index (χ3n) is 2.87. The maximum atomic E-state index is 5.54. The first-order valence-electron chi connectivity index (χ1n) is 5.79. The quantitative estimate of drug-likeness (QED) is 0.415. The van der Waals surface area contributed by atoms with Crippen molar-refractivity contribution < 1.29 is 50.6 Å². The smallest absolute Gasteiger partial charge is 1.00 e. The van der Waals surface area contributed by atoms with Gasteiger partial charge in [-0.05, 0) is 30.5 Å². The third-order valence-corrected chi connectivity index (χ3v) is 2.87. The van der Waals surface area contributed by atoms with E-state index in [0.717, 1.165) is 22.0 Å². The van der Waals surface area contributed by atoms with Crippen LogP contribution in [0.25, 0.3) is 34.0 Å². The molecule has 2 aromatic carbocycles. The number of nitrogens with two attached hydrogens (primary N) is 2. The standard InChI is InChI=1S/C15H13NO.2ClH.2H2N.Pt/c1-2-17-12-7-8-15-14(9-12)13-6-4-3-5-11(13)10-16-15;;;;;/h3-10H,2H2,1H3;2*1H;2*1H2;/q;;;2*-1;+4/p-2. The molecule has 0 aliphatic rings. The maximum absolute atomic E-state index is 5.54. The zero-order valence-corrected chi connectivity index (χ0v) is 15.7.